The number of hydrogen-bond donors (Lipinski definition) is 8. The van der Waals surface area contributed by atoms with E-state index in [1.54, 1.807) is 0 Å². The predicted octanol–water partition coefficient (Wildman–Crippen LogP) is -2.33. The van der Waals surface area contributed by atoms with E-state index in [1.165, 1.54) is 4.90 Å². The number of carbonyl (C=O) groups is 4. The smallest absolute Gasteiger partial charge is 0.326 e. The summed E-state index contributed by atoms with van der Waals surface area (Å²) in [7, 11) is 0. The van der Waals surface area contributed by atoms with Crippen LogP contribution in [0.2, 0.25) is 0 Å². The zero-order valence-corrected chi connectivity index (χ0v) is 21.6. The molecule has 0 aromatic heterocycles. The lowest BCUT2D eigenvalue weighted by Gasteiger charge is -2.28. The highest BCUT2D eigenvalue weighted by Gasteiger charge is 2.37. The average Bonchev–Trinajstić information content (AvgIpc) is 3.34. The summed E-state index contributed by atoms with van der Waals surface area (Å²) in [5.41, 5.74) is 27.7. The highest BCUT2D eigenvalue weighted by atomic mass is 16.4. The molecule has 1 aliphatic rings. The van der Waals surface area contributed by atoms with E-state index in [2.05, 4.69) is 15.6 Å². The summed E-state index contributed by atoms with van der Waals surface area (Å²) in [6.07, 6.45) is 4.94. The topological polar surface area (TPSA) is 258 Å². The van der Waals surface area contributed by atoms with Gasteiger partial charge in [-0.1, -0.05) is 6.42 Å². The molecule has 1 saturated heterocycles. The molecule has 4 atom stereocenters. The van der Waals surface area contributed by atoms with Gasteiger partial charge in [0, 0.05) is 13.1 Å². The van der Waals surface area contributed by atoms with Gasteiger partial charge in [0.2, 0.25) is 17.7 Å². The van der Waals surface area contributed by atoms with Gasteiger partial charge in [-0.3, -0.25) is 19.4 Å². The molecule has 0 radical (unpaired) electrons. The summed E-state index contributed by atoms with van der Waals surface area (Å²) in [5.74, 6) is -2.69. The van der Waals surface area contributed by atoms with E-state index in [0.29, 0.717) is 64.6 Å². The predicted molar refractivity (Wildman–Crippen MR) is 140 cm³/mol. The number of amides is 3. The molecule has 0 aromatic rings. The van der Waals surface area contributed by atoms with Gasteiger partial charge in [-0.2, -0.15) is 0 Å². The Morgan fingerprint density at radius 3 is 2.14 bits per heavy atom. The Labute approximate surface area is 218 Å². The number of carboxylic acids is 1. The van der Waals surface area contributed by atoms with Gasteiger partial charge in [-0.05, 0) is 70.9 Å². The number of nitrogens with two attached hydrogens (primary N) is 5. The number of likely N-dealkylation sites (tertiary alicyclic amines) is 1. The first-order valence-corrected chi connectivity index (χ1v) is 13.0. The van der Waals surface area contributed by atoms with Crippen molar-refractivity contribution in [2.75, 3.05) is 26.2 Å². The molecule has 13 N–H and O–H groups in total. The Kier molecular flexibility index (Phi) is 15.1. The van der Waals surface area contributed by atoms with Crippen molar-refractivity contribution in [3.05, 3.63) is 0 Å². The number of nitrogens with one attached hydrogen (secondary N) is 2. The van der Waals surface area contributed by atoms with Crippen LogP contribution in [0.1, 0.15) is 64.2 Å². The Balaban J connectivity index is 2.85. The highest BCUT2D eigenvalue weighted by molar-refractivity contribution is 5.94. The van der Waals surface area contributed by atoms with Crippen molar-refractivity contribution in [1.82, 2.24) is 15.5 Å². The van der Waals surface area contributed by atoms with E-state index >= 15 is 0 Å². The number of rotatable bonds is 18. The third kappa shape index (κ3) is 11.7. The fourth-order valence-electron chi connectivity index (χ4n) is 4.21. The van der Waals surface area contributed by atoms with Crippen LogP contribution in [0, 0.1) is 0 Å². The molecule has 0 saturated carbocycles. The van der Waals surface area contributed by atoms with Crippen molar-refractivity contribution in [2.24, 2.45) is 33.7 Å². The minimum absolute atomic E-state index is 0.102. The average molecular weight is 528 g/mol. The maximum atomic E-state index is 13.2. The lowest BCUT2D eigenvalue weighted by atomic mass is 10.1. The Bertz CT molecular complexity index is 776. The van der Waals surface area contributed by atoms with Crippen LogP contribution in [0.3, 0.4) is 0 Å². The second-order valence-electron chi connectivity index (χ2n) is 9.27. The molecule has 14 heteroatoms. The van der Waals surface area contributed by atoms with Crippen LogP contribution in [0.4, 0.5) is 0 Å². The van der Waals surface area contributed by atoms with Crippen LogP contribution in [0.15, 0.2) is 4.99 Å². The fourth-order valence-corrected chi connectivity index (χ4v) is 4.21. The van der Waals surface area contributed by atoms with Gasteiger partial charge in [0.15, 0.2) is 5.96 Å². The molecule has 37 heavy (non-hydrogen) atoms. The molecule has 4 unspecified atom stereocenters. The lowest BCUT2D eigenvalue weighted by molar-refractivity contribution is -0.143. The molecular weight excluding hydrogens is 482 g/mol. The number of aliphatic carboxylic acids is 1. The van der Waals surface area contributed by atoms with E-state index in [4.69, 9.17) is 28.7 Å². The summed E-state index contributed by atoms with van der Waals surface area (Å²) in [4.78, 5) is 56.0. The molecule has 1 fully saturated rings. The van der Waals surface area contributed by atoms with Crippen molar-refractivity contribution in [3.8, 4) is 0 Å². The normalized spacial score (nSPS) is 17.5. The fraction of sp³-hybridized carbons (Fsp3) is 0.783. The van der Waals surface area contributed by atoms with Crippen molar-refractivity contribution in [3.63, 3.8) is 0 Å². The first-order chi connectivity index (χ1) is 17.6. The number of aliphatic imine (C=N–C) groups is 1. The summed E-state index contributed by atoms with van der Waals surface area (Å²) in [5, 5.41) is 14.8. The number of carbonyl (C=O) groups excluding carboxylic acids is 3. The lowest BCUT2D eigenvalue weighted by Crippen LogP contribution is -2.56. The SMILES string of the molecule is NCCCCC(N)C(=O)N1CCCC1C(=O)NC(CCCCN)C(=O)NC(CCCN=C(N)N)C(=O)O. The van der Waals surface area contributed by atoms with Crippen LogP contribution in [0.25, 0.3) is 0 Å². The number of nitrogens with zero attached hydrogens (tertiary/aromatic N) is 2. The van der Waals surface area contributed by atoms with E-state index in [-0.39, 0.29) is 31.3 Å². The van der Waals surface area contributed by atoms with Crippen LogP contribution in [0.5, 0.6) is 0 Å². The first kappa shape index (κ1) is 32.1. The maximum Gasteiger partial charge on any atom is 0.326 e. The van der Waals surface area contributed by atoms with Gasteiger partial charge in [-0.25, -0.2) is 4.79 Å². The number of hydrogen-bond acceptors (Lipinski definition) is 8. The third-order valence-corrected chi connectivity index (χ3v) is 6.26. The van der Waals surface area contributed by atoms with E-state index in [1.807, 2.05) is 0 Å². The molecule has 212 valence electrons. The number of carboxylic acid groups (broad SMARTS) is 1. The monoisotopic (exact) mass is 527 g/mol. The first-order valence-electron chi connectivity index (χ1n) is 13.0. The van der Waals surface area contributed by atoms with Crippen LogP contribution in [-0.4, -0.2) is 90.0 Å². The second kappa shape index (κ2) is 17.5. The van der Waals surface area contributed by atoms with Crippen molar-refractivity contribution in [1.29, 1.82) is 0 Å². The van der Waals surface area contributed by atoms with Gasteiger partial charge < -0.3 is 49.3 Å². The van der Waals surface area contributed by atoms with Crippen molar-refractivity contribution in [2.45, 2.75) is 88.4 Å². The standard InChI is InChI=1S/C23H45N9O5/c24-11-3-1-7-15(26)21(35)32-14-6-10-18(32)20(34)30-16(8-2-4-12-25)19(33)31-17(22(36)37)9-5-13-29-23(27)28/h15-18H,1-14,24-26H2,(H,30,34)(H,31,33)(H,36,37)(H4,27,28,29). The van der Waals surface area contributed by atoms with Gasteiger partial charge in [0.1, 0.15) is 18.1 Å². The Morgan fingerprint density at radius 2 is 1.54 bits per heavy atom. The van der Waals surface area contributed by atoms with Gasteiger partial charge in [0.05, 0.1) is 6.04 Å². The molecule has 0 aliphatic carbocycles. The molecule has 14 nitrogen and oxygen atoms in total. The summed E-state index contributed by atoms with van der Waals surface area (Å²) in [6, 6.07) is -3.62. The third-order valence-electron chi connectivity index (χ3n) is 6.26. The van der Waals surface area contributed by atoms with Gasteiger partial charge in [-0.15, -0.1) is 0 Å². The largest absolute Gasteiger partial charge is 0.480 e. The zero-order chi connectivity index (χ0) is 27.8. The summed E-state index contributed by atoms with van der Waals surface area (Å²) >= 11 is 0. The molecule has 0 bridgehead atoms. The van der Waals surface area contributed by atoms with E-state index < -0.39 is 42.0 Å². The molecular formula is C23H45N9O5. The summed E-state index contributed by atoms with van der Waals surface area (Å²) in [6.45, 7) is 1.56. The summed E-state index contributed by atoms with van der Waals surface area (Å²) < 4.78 is 0. The van der Waals surface area contributed by atoms with Gasteiger partial charge >= 0.3 is 5.97 Å². The second-order valence-corrected chi connectivity index (χ2v) is 9.27. The van der Waals surface area contributed by atoms with Crippen LogP contribution >= 0.6 is 0 Å². The van der Waals surface area contributed by atoms with E-state index in [0.717, 1.165) is 6.42 Å². The maximum absolute atomic E-state index is 13.2. The van der Waals surface area contributed by atoms with Crippen molar-refractivity contribution < 1.29 is 24.3 Å². The van der Waals surface area contributed by atoms with Crippen LogP contribution < -0.4 is 39.3 Å². The highest BCUT2D eigenvalue weighted by Crippen LogP contribution is 2.20. The molecule has 0 spiro atoms. The molecule has 1 rings (SSSR count). The van der Waals surface area contributed by atoms with Crippen LogP contribution in [-0.2, 0) is 19.2 Å². The molecule has 3 amide bonds. The molecule has 0 aromatic carbocycles. The number of guanidine groups is 1. The van der Waals surface area contributed by atoms with E-state index in [9.17, 15) is 24.3 Å². The molecule has 1 heterocycles. The Morgan fingerprint density at radius 1 is 0.919 bits per heavy atom. The zero-order valence-electron chi connectivity index (χ0n) is 21.6. The quantitative estimate of drug-likeness (QED) is 0.0535. The Hall–Kier alpha value is -2.97. The van der Waals surface area contributed by atoms with Gasteiger partial charge in [0.25, 0.3) is 0 Å². The number of unbranched alkanes of at least 4 members (excludes halogenated alkanes) is 2. The van der Waals surface area contributed by atoms with Crippen molar-refractivity contribution >= 4 is 29.7 Å². The minimum Gasteiger partial charge on any atom is -0.480 e. The minimum atomic E-state index is -1.21. The molecule has 1 aliphatic heterocycles.